The van der Waals surface area contributed by atoms with Crippen LogP contribution in [0.4, 0.5) is 0 Å². The van der Waals surface area contributed by atoms with E-state index in [-0.39, 0.29) is 11.7 Å². The summed E-state index contributed by atoms with van der Waals surface area (Å²) >= 11 is 0. The molecule has 1 rings (SSSR count). The van der Waals surface area contributed by atoms with Gasteiger partial charge in [-0.05, 0) is 31.6 Å². The van der Waals surface area contributed by atoms with Crippen molar-refractivity contribution in [1.82, 2.24) is 0 Å². The molecule has 12 heavy (non-hydrogen) atoms. The fourth-order valence-electron chi connectivity index (χ4n) is 2.13. The van der Waals surface area contributed by atoms with Crippen molar-refractivity contribution in [3.05, 3.63) is 0 Å². The number of rotatable bonds is 3. The molecule has 4 unspecified atom stereocenters. The third-order valence-corrected chi connectivity index (χ3v) is 4.35. The topological polar surface area (TPSA) is 63.3 Å². The van der Waals surface area contributed by atoms with Crippen molar-refractivity contribution in [2.45, 2.75) is 44.3 Å². The Morgan fingerprint density at radius 1 is 1.67 bits per heavy atom. The minimum absolute atomic E-state index is 0.0172. The predicted molar refractivity (Wildman–Crippen MR) is 50.6 cm³/mol. The molecule has 72 valence electrons. The van der Waals surface area contributed by atoms with Gasteiger partial charge in [0.1, 0.15) is 0 Å². The van der Waals surface area contributed by atoms with Crippen molar-refractivity contribution in [1.29, 1.82) is 0 Å². The highest BCUT2D eigenvalue weighted by Gasteiger charge is 2.30. The lowest BCUT2D eigenvalue weighted by Gasteiger charge is -2.18. The van der Waals surface area contributed by atoms with Crippen LogP contribution in [0.25, 0.3) is 0 Å². The predicted octanol–water partition coefficient (Wildman–Crippen LogP) is 1.36. The van der Waals surface area contributed by atoms with Gasteiger partial charge >= 0.3 is 0 Å². The van der Waals surface area contributed by atoms with E-state index in [2.05, 4.69) is 0 Å². The molecule has 0 aromatic heterocycles. The van der Waals surface area contributed by atoms with Crippen LogP contribution >= 0.6 is 8.03 Å². The van der Waals surface area contributed by atoms with Crippen LogP contribution in [-0.4, -0.2) is 16.6 Å². The van der Waals surface area contributed by atoms with E-state index in [1.54, 1.807) is 0 Å². The van der Waals surface area contributed by atoms with Gasteiger partial charge in [0.25, 0.3) is 0 Å². The molecule has 3 N–H and O–H groups in total. The standard InChI is InChI=1S/C8H18NO2P/c1-2-8(12(10)11)6-3-4-7(9)5-6/h6-8,12H,2-5,9H2,1H3,(H,10,11). The molecule has 1 saturated carbocycles. The van der Waals surface area contributed by atoms with Crippen LogP contribution in [0.3, 0.4) is 0 Å². The van der Waals surface area contributed by atoms with Crippen molar-refractivity contribution in [3.8, 4) is 0 Å². The summed E-state index contributed by atoms with van der Waals surface area (Å²) in [4.78, 5) is 9.06. The number of nitrogens with two attached hydrogens (primary N) is 1. The number of hydrogen-bond acceptors (Lipinski definition) is 2. The monoisotopic (exact) mass is 191 g/mol. The Kier molecular flexibility index (Phi) is 3.76. The fourth-order valence-corrected chi connectivity index (χ4v) is 3.18. The van der Waals surface area contributed by atoms with E-state index >= 15 is 0 Å². The summed E-state index contributed by atoms with van der Waals surface area (Å²) in [5.74, 6) is 0.404. The van der Waals surface area contributed by atoms with Crippen LogP contribution < -0.4 is 5.73 Å². The molecule has 0 spiro atoms. The average molecular weight is 191 g/mol. The normalized spacial score (nSPS) is 34.9. The SMILES string of the molecule is CCC(C1CCC(N)C1)[PH](=O)O. The summed E-state index contributed by atoms with van der Waals surface area (Å²) in [6, 6.07) is 0.269. The Balaban J connectivity index is 2.49. The summed E-state index contributed by atoms with van der Waals surface area (Å²) in [5, 5.41) is 0. The van der Waals surface area contributed by atoms with Gasteiger partial charge in [0.15, 0.2) is 8.03 Å². The highest BCUT2D eigenvalue weighted by molar-refractivity contribution is 7.38. The molecule has 0 aromatic rings. The smallest absolute Gasteiger partial charge is 0.192 e. The van der Waals surface area contributed by atoms with Crippen molar-refractivity contribution >= 4 is 8.03 Å². The lowest BCUT2D eigenvalue weighted by atomic mass is 10.0. The minimum atomic E-state index is -2.34. The van der Waals surface area contributed by atoms with Crippen LogP contribution in [0.5, 0.6) is 0 Å². The van der Waals surface area contributed by atoms with E-state index in [9.17, 15) is 4.57 Å². The molecule has 0 amide bonds. The Bertz CT molecular complexity index is 174. The van der Waals surface area contributed by atoms with Crippen LogP contribution in [0, 0.1) is 5.92 Å². The Labute approximate surface area is 74.2 Å². The molecule has 0 radical (unpaired) electrons. The molecule has 1 aliphatic rings. The second-order valence-corrected chi connectivity index (χ2v) is 5.10. The van der Waals surface area contributed by atoms with Crippen LogP contribution in [0.1, 0.15) is 32.6 Å². The van der Waals surface area contributed by atoms with Crippen molar-refractivity contribution < 1.29 is 9.46 Å². The first kappa shape index (κ1) is 10.2. The third-order valence-electron chi connectivity index (χ3n) is 2.84. The molecule has 3 nitrogen and oxygen atoms in total. The van der Waals surface area contributed by atoms with E-state index in [1.165, 1.54) is 0 Å². The van der Waals surface area contributed by atoms with Crippen molar-refractivity contribution in [2.75, 3.05) is 0 Å². The van der Waals surface area contributed by atoms with E-state index in [1.807, 2.05) is 6.92 Å². The molecular formula is C8H18NO2P. The zero-order valence-corrected chi connectivity index (χ0v) is 8.49. The zero-order valence-electron chi connectivity index (χ0n) is 7.49. The largest absolute Gasteiger partial charge is 0.346 e. The van der Waals surface area contributed by atoms with E-state index in [4.69, 9.17) is 10.6 Å². The molecule has 0 aliphatic heterocycles. The fraction of sp³-hybridized carbons (Fsp3) is 1.00. The van der Waals surface area contributed by atoms with Gasteiger partial charge in [-0.3, -0.25) is 4.57 Å². The Morgan fingerprint density at radius 2 is 2.33 bits per heavy atom. The second-order valence-electron chi connectivity index (χ2n) is 3.69. The van der Waals surface area contributed by atoms with Gasteiger partial charge < -0.3 is 10.6 Å². The molecular weight excluding hydrogens is 173 g/mol. The van der Waals surface area contributed by atoms with Gasteiger partial charge in [0.05, 0.1) is 0 Å². The van der Waals surface area contributed by atoms with E-state index in [0.717, 1.165) is 25.7 Å². The number of hydrogen-bond donors (Lipinski definition) is 2. The van der Waals surface area contributed by atoms with E-state index < -0.39 is 8.03 Å². The van der Waals surface area contributed by atoms with Gasteiger partial charge in [-0.1, -0.05) is 6.92 Å². The van der Waals surface area contributed by atoms with Crippen molar-refractivity contribution in [3.63, 3.8) is 0 Å². The quantitative estimate of drug-likeness (QED) is 0.662. The van der Waals surface area contributed by atoms with Crippen molar-refractivity contribution in [2.24, 2.45) is 11.7 Å². The van der Waals surface area contributed by atoms with Gasteiger partial charge in [-0.2, -0.15) is 0 Å². The Hall–Kier alpha value is 0.150. The summed E-state index contributed by atoms with van der Waals surface area (Å²) < 4.78 is 11.0. The molecule has 4 atom stereocenters. The first-order chi connectivity index (χ1) is 5.65. The van der Waals surface area contributed by atoms with Crippen LogP contribution in [-0.2, 0) is 4.57 Å². The first-order valence-corrected chi connectivity index (χ1v) is 6.06. The van der Waals surface area contributed by atoms with Gasteiger partial charge in [-0.15, -0.1) is 0 Å². The molecule has 0 aromatic carbocycles. The summed E-state index contributed by atoms with van der Waals surface area (Å²) in [5.41, 5.74) is 5.76. The maximum absolute atomic E-state index is 11.0. The molecule has 0 heterocycles. The van der Waals surface area contributed by atoms with Gasteiger partial charge in [0.2, 0.25) is 0 Å². The minimum Gasteiger partial charge on any atom is -0.346 e. The first-order valence-electron chi connectivity index (χ1n) is 4.63. The van der Waals surface area contributed by atoms with Gasteiger partial charge in [-0.25, -0.2) is 0 Å². The Morgan fingerprint density at radius 3 is 2.67 bits per heavy atom. The van der Waals surface area contributed by atoms with E-state index in [0.29, 0.717) is 5.92 Å². The molecule has 4 heteroatoms. The van der Waals surface area contributed by atoms with Crippen LogP contribution in [0.2, 0.25) is 0 Å². The summed E-state index contributed by atoms with van der Waals surface area (Å²) in [6.07, 6.45) is 3.81. The second kappa shape index (κ2) is 4.40. The van der Waals surface area contributed by atoms with Crippen LogP contribution in [0.15, 0.2) is 0 Å². The molecule has 0 saturated heterocycles. The maximum atomic E-state index is 11.0. The highest BCUT2D eigenvalue weighted by atomic mass is 31.1. The summed E-state index contributed by atoms with van der Waals surface area (Å²) in [7, 11) is -2.34. The lowest BCUT2D eigenvalue weighted by molar-refractivity contribution is 0.430. The zero-order chi connectivity index (χ0) is 9.14. The third kappa shape index (κ3) is 2.32. The molecule has 0 bridgehead atoms. The molecule has 1 fully saturated rings. The lowest BCUT2D eigenvalue weighted by Crippen LogP contribution is -2.18. The van der Waals surface area contributed by atoms with Gasteiger partial charge in [0, 0.05) is 11.7 Å². The summed E-state index contributed by atoms with van der Waals surface area (Å²) in [6.45, 7) is 1.98. The highest BCUT2D eigenvalue weighted by Crippen LogP contribution is 2.39. The average Bonchev–Trinajstić information content (AvgIpc) is 2.37. The maximum Gasteiger partial charge on any atom is 0.192 e. The molecule has 1 aliphatic carbocycles.